The number of hydrogen-bond acceptors (Lipinski definition) is 5. The lowest BCUT2D eigenvalue weighted by molar-refractivity contribution is 0.0205. The molecule has 160 valence electrons. The number of ether oxygens (including phenoxy) is 2. The number of nitrogens with zero attached hydrogens (tertiary/aromatic N) is 2. The zero-order valence-electron chi connectivity index (χ0n) is 17.2. The van der Waals surface area contributed by atoms with E-state index in [1.807, 2.05) is 13.8 Å². The van der Waals surface area contributed by atoms with Crippen LogP contribution in [0.3, 0.4) is 0 Å². The van der Waals surface area contributed by atoms with Gasteiger partial charge in [-0.15, -0.1) is 0 Å². The third-order valence-corrected chi connectivity index (χ3v) is 5.83. The van der Waals surface area contributed by atoms with E-state index >= 15 is 0 Å². The van der Waals surface area contributed by atoms with Crippen LogP contribution in [0.25, 0.3) is 0 Å². The highest BCUT2D eigenvalue weighted by Gasteiger charge is 2.14. The number of rotatable bonds is 13. The maximum Gasteiger partial charge on any atom is 0.211 e. The zero-order chi connectivity index (χ0) is 20.0. The topological polar surface area (TPSA) is 92.3 Å². The molecular weight excluding hydrogens is 368 g/mol. The highest BCUT2D eigenvalue weighted by atomic mass is 32.2. The first-order valence-corrected chi connectivity index (χ1v) is 11.9. The van der Waals surface area contributed by atoms with Crippen LogP contribution in [0.1, 0.15) is 39.5 Å². The number of hydrogen-bond donors (Lipinski definition) is 2. The Morgan fingerprint density at radius 3 is 2.59 bits per heavy atom. The number of aliphatic imine (C=N–C) groups is 1. The molecule has 0 atom stereocenters. The molecule has 0 aromatic heterocycles. The summed E-state index contributed by atoms with van der Waals surface area (Å²) in [5.41, 5.74) is 0. The first kappa shape index (κ1) is 24.1. The van der Waals surface area contributed by atoms with Gasteiger partial charge in [-0.25, -0.2) is 12.7 Å². The Morgan fingerprint density at radius 1 is 1.22 bits per heavy atom. The molecule has 1 rings (SSSR count). The van der Waals surface area contributed by atoms with E-state index in [0.29, 0.717) is 32.1 Å². The summed E-state index contributed by atoms with van der Waals surface area (Å²) in [5.74, 6) is 1.40. The van der Waals surface area contributed by atoms with E-state index in [-0.39, 0.29) is 0 Å². The molecule has 2 N–H and O–H groups in total. The van der Waals surface area contributed by atoms with Crippen LogP contribution < -0.4 is 10.6 Å². The van der Waals surface area contributed by atoms with Gasteiger partial charge in [0.15, 0.2) is 5.96 Å². The maximum absolute atomic E-state index is 11.6. The van der Waals surface area contributed by atoms with Gasteiger partial charge in [-0.1, -0.05) is 6.92 Å². The standard InChI is InChI=1S/C18H38N4O4S/c1-4-19-18(20-10-6-12-22(5-2)27(3,23)24)21-11-7-13-26-16-17-8-14-25-15-9-17/h17H,4-16H2,1-3H3,(H2,19,20,21). The van der Waals surface area contributed by atoms with Crippen molar-refractivity contribution in [1.29, 1.82) is 0 Å². The van der Waals surface area contributed by atoms with Gasteiger partial charge in [0.25, 0.3) is 0 Å². The molecule has 0 aromatic rings. The van der Waals surface area contributed by atoms with Crippen molar-refractivity contribution >= 4 is 16.0 Å². The highest BCUT2D eigenvalue weighted by Crippen LogP contribution is 2.14. The van der Waals surface area contributed by atoms with Gasteiger partial charge in [0.2, 0.25) is 10.0 Å². The lowest BCUT2D eigenvalue weighted by Crippen LogP contribution is -2.39. The Balaban J connectivity index is 2.17. The molecule has 0 amide bonds. The Morgan fingerprint density at radius 2 is 1.96 bits per heavy atom. The van der Waals surface area contributed by atoms with E-state index in [0.717, 1.165) is 64.6 Å². The molecule has 8 nitrogen and oxygen atoms in total. The van der Waals surface area contributed by atoms with Crippen molar-refractivity contribution in [3.63, 3.8) is 0 Å². The number of nitrogens with one attached hydrogen (secondary N) is 2. The van der Waals surface area contributed by atoms with Gasteiger partial charge in [0.1, 0.15) is 0 Å². The molecule has 0 aliphatic carbocycles. The summed E-state index contributed by atoms with van der Waals surface area (Å²) in [7, 11) is -3.12. The monoisotopic (exact) mass is 406 g/mol. The summed E-state index contributed by atoms with van der Waals surface area (Å²) in [6.07, 6.45) is 5.07. The van der Waals surface area contributed by atoms with E-state index in [9.17, 15) is 8.42 Å². The van der Waals surface area contributed by atoms with Gasteiger partial charge >= 0.3 is 0 Å². The van der Waals surface area contributed by atoms with Crippen LogP contribution in [0.2, 0.25) is 0 Å². The SMILES string of the molecule is CCNC(=NCCCOCC1CCOCC1)NCCCN(CC)S(C)(=O)=O. The summed E-state index contributed by atoms with van der Waals surface area (Å²) >= 11 is 0. The minimum absolute atomic E-state index is 0.501. The summed E-state index contributed by atoms with van der Waals surface area (Å²) in [6.45, 7) is 10.3. The third-order valence-electron chi connectivity index (χ3n) is 4.45. The largest absolute Gasteiger partial charge is 0.381 e. The van der Waals surface area contributed by atoms with Crippen LogP contribution in [0.15, 0.2) is 4.99 Å². The minimum atomic E-state index is -3.12. The molecule has 0 radical (unpaired) electrons. The Hall–Kier alpha value is -0.900. The zero-order valence-corrected chi connectivity index (χ0v) is 18.0. The smallest absolute Gasteiger partial charge is 0.211 e. The fraction of sp³-hybridized carbons (Fsp3) is 0.944. The fourth-order valence-corrected chi connectivity index (χ4v) is 3.81. The molecule has 1 heterocycles. The molecule has 1 fully saturated rings. The predicted molar refractivity (Wildman–Crippen MR) is 110 cm³/mol. The van der Waals surface area contributed by atoms with Crippen molar-refractivity contribution in [2.24, 2.45) is 10.9 Å². The van der Waals surface area contributed by atoms with Crippen LogP contribution in [0.4, 0.5) is 0 Å². The molecule has 27 heavy (non-hydrogen) atoms. The van der Waals surface area contributed by atoms with Crippen LogP contribution in [-0.4, -0.2) is 84.1 Å². The summed E-state index contributed by atoms with van der Waals surface area (Å²) < 4.78 is 35.7. The first-order chi connectivity index (χ1) is 13.0. The van der Waals surface area contributed by atoms with Gasteiger partial charge in [0, 0.05) is 59.2 Å². The van der Waals surface area contributed by atoms with Gasteiger partial charge in [-0.05, 0) is 38.5 Å². The summed E-state index contributed by atoms with van der Waals surface area (Å²) in [5, 5.41) is 6.47. The molecule has 0 aromatic carbocycles. The van der Waals surface area contributed by atoms with Crippen LogP contribution in [0, 0.1) is 5.92 Å². The first-order valence-electron chi connectivity index (χ1n) is 10.1. The van der Waals surface area contributed by atoms with E-state index in [1.54, 1.807) is 0 Å². The van der Waals surface area contributed by atoms with Crippen molar-refractivity contribution in [2.75, 3.05) is 65.4 Å². The van der Waals surface area contributed by atoms with Crippen molar-refractivity contribution in [1.82, 2.24) is 14.9 Å². The molecule has 9 heteroatoms. The number of guanidine groups is 1. The Kier molecular flexibility index (Phi) is 12.6. The molecule has 1 saturated heterocycles. The quantitative estimate of drug-likeness (QED) is 0.270. The molecular formula is C18H38N4O4S. The van der Waals surface area contributed by atoms with E-state index in [4.69, 9.17) is 9.47 Å². The molecule has 0 bridgehead atoms. The fourth-order valence-electron chi connectivity index (χ4n) is 2.88. The third kappa shape index (κ3) is 11.5. The highest BCUT2D eigenvalue weighted by molar-refractivity contribution is 7.88. The van der Waals surface area contributed by atoms with Crippen molar-refractivity contribution < 1.29 is 17.9 Å². The summed E-state index contributed by atoms with van der Waals surface area (Å²) in [4.78, 5) is 4.55. The second-order valence-electron chi connectivity index (χ2n) is 6.78. The second-order valence-corrected chi connectivity index (χ2v) is 8.76. The average Bonchev–Trinajstić information content (AvgIpc) is 2.64. The van der Waals surface area contributed by atoms with Crippen molar-refractivity contribution in [2.45, 2.75) is 39.5 Å². The lowest BCUT2D eigenvalue weighted by Gasteiger charge is -2.21. The van der Waals surface area contributed by atoms with Crippen LogP contribution in [-0.2, 0) is 19.5 Å². The number of sulfonamides is 1. The van der Waals surface area contributed by atoms with E-state index in [2.05, 4.69) is 15.6 Å². The molecule has 1 aliphatic heterocycles. The van der Waals surface area contributed by atoms with Gasteiger partial charge < -0.3 is 20.1 Å². The van der Waals surface area contributed by atoms with Crippen LogP contribution >= 0.6 is 0 Å². The molecule has 0 saturated carbocycles. The second kappa shape index (κ2) is 14.1. The van der Waals surface area contributed by atoms with Crippen molar-refractivity contribution in [3.05, 3.63) is 0 Å². The Labute approximate surface area is 165 Å². The van der Waals surface area contributed by atoms with Gasteiger partial charge in [-0.2, -0.15) is 0 Å². The normalized spacial score (nSPS) is 16.7. The summed E-state index contributed by atoms with van der Waals surface area (Å²) in [6, 6.07) is 0. The maximum atomic E-state index is 11.6. The minimum Gasteiger partial charge on any atom is -0.381 e. The molecule has 1 aliphatic rings. The average molecular weight is 407 g/mol. The van der Waals surface area contributed by atoms with Crippen molar-refractivity contribution in [3.8, 4) is 0 Å². The Bertz CT molecular complexity index is 507. The van der Waals surface area contributed by atoms with E-state index < -0.39 is 10.0 Å². The van der Waals surface area contributed by atoms with Gasteiger partial charge in [-0.3, -0.25) is 4.99 Å². The molecule has 0 unspecified atom stereocenters. The van der Waals surface area contributed by atoms with Gasteiger partial charge in [0.05, 0.1) is 6.26 Å². The molecule has 0 spiro atoms. The van der Waals surface area contributed by atoms with E-state index in [1.165, 1.54) is 10.6 Å². The lowest BCUT2D eigenvalue weighted by atomic mass is 10.0. The van der Waals surface area contributed by atoms with Crippen LogP contribution in [0.5, 0.6) is 0 Å². The predicted octanol–water partition coefficient (Wildman–Crippen LogP) is 1.05.